The van der Waals surface area contributed by atoms with Crippen molar-refractivity contribution in [1.29, 1.82) is 0 Å². The molecule has 0 bridgehead atoms. The summed E-state index contributed by atoms with van der Waals surface area (Å²) in [6.07, 6.45) is 0.706. The fourth-order valence-electron chi connectivity index (χ4n) is 1.76. The van der Waals surface area contributed by atoms with Gasteiger partial charge in [0.05, 0.1) is 4.90 Å². The molecular weight excluding hydrogens is 362 g/mol. The summed E-state index contributed by atoms with van der Waals surface area (Å²) in [4.78, 5) is 34.3. The number of imide groups is 1. The van der Waals surface area contributed by atoms with Crippen molar-refractivity contribution in [3.8, 4) is 0 Å². The molecule has 0 atom stereocenters. The lowest BCUT2D eigenvalue weighted by atomic mass is 10.1. The molecule has 1 aromatic carbocycles. The number of ether oxygens (including phenoxy) is 1. The molecule has 0 heterocycles. The first-order valence-corrected chi connectivity index (χ1v) is 9.44. The quantitative estimate of drug-likeness (QED) is 0.554. The number of esters is 1. The summed E-state index contributed by atoms with van der Waals surface area (Å²) in [7, 11) is -3.88. The third-order valence-electron chi connectivity index (χ3n) is 3.35. The Morgan fingerprint density at radius 2 is 1.81 bits per heavy atom. The van der Waals surface area contributed by atoms with E-state index in [9.17, 15) is 22.8 Å². The first-order valence-electron chi connectivity index (χ1n) is 7.96. The van der Waals surface area contributed by atoms with E-state index in [1.54, 1.807) is 13.0 Å². The van der Waals surface area contributed by atoms with Crippen LogP contribution < -0.4 is 15.4 Å². The maximum atomic E-state index is 12.1. The maximum absolute atomic E-state index is 12.1. The Bertz CT molecular complexity index is 776. The van der Waals surface area contributed by atoms with Gasteiger partial charge in [-0.05, 0) is 43.5 Å². The minimum absolute atomic E-state index is 0.0266. The van der Waals surface area contributed by atoms with Crippen molar-refractivity contribution in [2.75, 3.05) is 19.7 Å². The summed E-state index contributed by atoms with van der Waals surface area (Å²) >= 11 is 0. The number of aryl methyl sites for hydroxylation is 2. The van der Waals surface area contributed by atoms with Crippen molar-refractivity contribution in [3.63, 3.8) is 0 Å². The van der Waals surface area contributed by atoms with Gasteiger partial charge in [0.15, 0.2) is 6.61 Å². The highest BCUT2D eigenvalue weighted by molar-refractivity contribution is 7.89. The molecule has 26 heavy (non-hydrogen) atoms. The van der Waals surface area contributed by atoms with Gasteiger partial charge in [-0.3, -0.25) is 14.9 Å². The van der Waals surface area contributed by atoms with E-state index in [-0.39, 0.29) is 4.90 Å². The second-order valence-electron chi connectivity index (χ2n) is 5.54. The summed E-state index contributed by atoms with van der Waals surface area (Å²) in [6, 6.07) is 3.89. The molecule has 1 aromatic rings. The largest absolute Gasteiger partial charge is 0.455 e. The van der Waals surface area contributed by atoms with E-state index in [1.807, 2.05) is 19.2 Å². The van der Waals surface area contributed by atoms with Gasteiger partial charge in [-0.2, -0.15) is 4.72 Å². The van der Waals surface area contributed by atoms with Gasteiger partial charge >= 0.3 is 12.0 Å². The zero-order chi connectivity index (χ0) is 19.7. The minimum atomic E-state index is -3.88. The fourth-order valence-corrected chi connectivity index (χ4v) is 2.81. The van der Waals surface area contributed by atoms with Crippen molar-refractivity contribution >= 4 is 27.9 Å². The molecule has 3 N–H and O–H groups in total. The van der Waals surface area contributed by atoms with Gasteiger partial charge in [-0.15, -0.1) is 0 Å². The number of carbonyl (C=O) groups excluding carboxylic acids is 3. The van der Waals surface area contributed by atoms with E-state index in [0.717, 1.165) is 11.1 Å². The number of benzene rings is 1. The standard InChI is InChI=1S/C16H23N3O6S/c1-4-7-17-16(22)19-14(20)10-25-15(21)9-18-26(23,24)13-6-5-11(2)12(3)8-13/h5-6,8,18H,4,7,9-10H2,1-3H3,(H2,17,19,20,22). The molecule has 9 nitrogen and oxygen atoms in total. The summed E-state index contributed by atoms with van der Waals surface area (Å²) in [5.74, 6) is -1.76. The molecule has 0 aliphatic heterocycles. The molecule has 0 aliphatic carbocycles. The lowest BCUT2D eigenvalue weighted by Gasteiger charge is -2.09. The molecule has 0 saturated carbocycles. The van der Waals surface area contributed by atoms with Crippen LogP contribution in [0.15, 0.2) is 23.1 Å². The topological polar surface area (TPSA) is 131 Å². The van der Waals surface area contributed by atoms with Crippen LogP contribution in [0.3, 0.4) is 0 Å². The van der Waals surface area contributed by atoms with Crippen LogP contribution in [-0.4, -0.2) is 46.0 Å². The number of rotatable bonds is 8. The summed E-state index contributed by atoms with van der Waals surface area (Å²) in [6.45, 7) is 4.55. The Morgan fingerprint density at radius 3 is 2.42 bits per heavy atom. The van der Waals surface area contributed by atoms with Gasteiger partial charge in [0.25, 0.3) is 5.91 Å². The van der Waals surface area contributed by atoms with Crippen LogP contribution in [0.2, 0.25) is 0 Å². The number of amides is 3. The van der Waals surface area contributed by atoms with E-state index in [0.29, 0.717) is 13.0 Å². The Balaban J connectivity index is 2.44. The van der Waals surface area contributed by atoms with Crippen molar-refractivity contribution in [2.45, 2.75) is 32.1 Å². The number of nitrogens with one attached hydrogen (secondary N) is 3. The molecule has 1 rings (SSSR count). The molecule has 0 aliphatic rings. The molecule has 0 unspecified atom stereocenters. The Morgan fingerprint density at radius 1 is 1.12 bits per heavy atom. The highest BCUT2D eigenvalue weighted by Crippen LogP contribution is 2.14. The van der Waals surface area contributed by atoms with Gasteiger partial charge in [0, 0.05) is 6.54 Å². The molecule has 0 saturated heterocycles. The summed E-state index contributed by atoms with van der Waals surface area (Å²) < 4.78 is 31.0. The highest BCUT2D eigenvalue weighted by atomic mass is 32.2. The highest BCUT2D eigenvalue weighted by Gasteiger charge is 2.17. The van der Waals surface area contributed by atoms with Crippen LogP contribution in [0.25, 0.3) is 0 Å². The van der Waals surface area contributed by atoms with Crippen LogP contribution in [0.1, 0.15) is 24.5 Å². The number of hydrogen-bond donors (Lipinski definition) is 3. The van der Waals surface area contributed by atoms with Gasteiger partial charge in [0.2, 0.25) is 10.0 Å². The number of urea groups is 1. The van der Waals surface area contributed by atoms with E-state index < -0.39 is 41.1 Å². The normalized spacial score (nSPS) is 10.9. The van der Waals surface area contributed by atoms with Crippen LogP contribution >= 0.6 is 0 Å². The van der Waals surface area contributed by atoms with Crippen LogP contribution in [0.5, 0.6) is 0 Å². The second-order valence-corrected chi connectivity index (χ2v) is 7.30. The molecule has 0 spiro atoms. The summed E-state index contributed by atoms with van der Waals surface area (Å²) in [5.41, 5.74) is 1.74. The Kier molecular flexibility index (Phi) is 8.20. The molecule has 10 heteroatoms. The molecule has 0 aromatic heterocycles. The predicted octanol–water partition coefficient (Wildman–Crippen LogP) is 0.361. The summed E-state index contributed by atoms with van der Waals surface area (Å²) in [5, 5.41) is 4.39. The number of carbonyl (C=O) groups is 3. The van der Waals surface area contributed by atoms with Gasteiger partial charge in [-0.25, -0.2) is 13.2 Å². The smallest absolute Gasteiger partial charge is 0.321 e. The van der Waals surface area contributed by atoms with Crippen LogP contribution in [0.4, 0.5) is 4.79 Å². The van der Waals surface area contributed by atoms with E-state index in [4.69, 9.17) is 0 Å². The molecule has 3 amide bonds. The maximum Gasteiger partial charge on any atom is 0.321 e. The van der Waals surface area contributed by atoms with Crippen molar-refractivity contribution in [1.82, 2.24) is 15.4 Å². The zero-order valence-corrected chi connectivity index (χ0v) is 15.7. The SMILES string of the molecule is CCCNC(=O)NC(=O)COC(=O)CNS(=O)(=O)c1ccc(C)c(C)c1. The first kappa shape index (κ1) is 21.6. The first-order chi connectivity index (χ1) is 12.2. The Hall–Kier alpha value is -2.46. The average Bonchev–Trinajstić information content (AvgIpc) is 2.58. The lowest BCUT2D eigenvalue weighted by Crippen LogP contribution is -2.42. The number of sulfonamides is 1. The average molecular weight is 385 g/mol. The minimum Gasteiger partial charge on any atom is -0.455 e. The van der Waals surface area contributed by atoms with E-state index in [1.165, 1.54) is 12.1 Å². The molecule has 0 fully saturated rings. The molecule has 144 valence electrons. The van der Waals surface area contributed by atoms with Crippen molar-refractivity contribution < 1.29 is 27.5 Å². The zero-order valence-electron chi connectivity index (χ0n) is 14.9. The van der Waals surface area contributed by atoms with Crippen molar-refractivity contribution in [3.05, 3.63) is 29.3 Å². The van der Waals surface area contributed by atoms with Crippen molar-refractivity contribution in [2.24, 2.45) is 0 Å². The van der Waals surface area contributed by atoms with Gasteiger partial charge in [-0.1, -0.05) is 13.0 Å². The lowest BCUT2D eigenvalue weighted by molar-refractivity contribution is -0.147. The van der Waals surface area contributed by atoms with Crippen LogP contribution in [-0.2, 0) is 24.3 Å². The van der Waals surface area contributed by atoms with E-state index in [2.05, 4.69) is 14.8 Å². The number of hydrogen-bond acceptors (Lipinski definition) is 6. The molecule has 0 radical (unpaired) electrons. The third-order valence-corrected chi connectivity index (χ3v) is 4.75. The van der Waals surface area contributed by atoms with E-state index >= 15 is 0 Å². The van der Waals surface area contributed by atoms with Gasteiger partial charge < -0.3 is 10.1 Å². The second kappa shape index (κ2) is 9.88. The van der Waals surface area contributed by atoms with Gasteiger partial charge in [0.1, 0.15) is 6.54 Å². The predicted molar refractivity (Wildman–Crippen MR) is 93.9 cm³/mol. The Labute approximate surface area is 152 Å². The third kappa shape index (κ3) is 7.19. The monoisotopic (exact) mass is 385 g/mol. The fraction of sp³-hybridized carbons (Fsp3) is 0.438. The van der Waals surface area contributed by atoms with Crippen LogP contribution in [0, 0.1) is 13.8 Å². The molecular formula is C16H23N3O6S.